The first-order valence-corrected chi connectivity index (χ1v) is 8.33. The topological polar surface area (TPSA) is 9.23 Å². The Kier molecular flexibility index (Phi) is 3.48. The van der Waals surface area contributed by atoms with Crippen LogP contribution in [0, 0.1) is 5.92 Å². The van der Waals surface area contributed by atoms with Crippen molar-refractivity contribution in [3.63, 3.8) is 0 Å². The first-order valence-electron chi connectivity index (χ1n) is 6.34. The van der Waals surface area contributed by atoms with Gasteiger partial charge in [-0.05, 0) is 16.0 Å². The highest BCUT2D eigenvalue weighted by atomic mass is 28.4. The Morgan fingerprint density at radius 1 is 1.12 bits per heavy atom. The molecule has 1 fully saturated rings. The molecule has 0 aliphatic carbocycles. The second kappa shape index (κ2) is 3.99. The molecule has 0 radical (unpaired) electrons. The lowest BCUT2D eigenvalue weighted by atomic mass is 10.1. The van der Waals surface area contributed by atoms with Crippen molar-refractivity contribution in [1.82, 2.24) is 0 Å². The van der Waals surface area contributed by atoms with E-state index in [4.69, 9.17) is 4.43 Å². The molecule has 1 saturated heterocycles. The van der Waals surface area contributed by atoms with Crippen LogP contribution in [0.15, 0.2) is 12.7 Å². The summed E-state index contributed by atoms with van der Waals surface area (Å²) in [6.07, 6.45) is 2.17. The van der Waals surface area contributed by atoms with Gasteiger partial charge in [-0.25, -0.2) is 0 Å². The monoisotopic (exact) mass is 240 g/mol. The Morgan fingerprint density at radius 2 is 1.56 bits per heavy atom. The van der Waals surface area contributed by atoms with Gasteiger partial charge in [-0.3, -0.25) is 0 Å². The quantitative estimate of drug-likeness (QED) is 0.474. The molecule has 1 aliphatic heterocycles. The van der Waals surface area contributed by atoms with Gasteiger partial charge in [-0.2, -0.15) is 0 Å². The molecule has 0 aromatic heterocycles. The number of hydrogen-bond acceptors (Lipinski definition) is 1. The minimum Gasteiger partial charge on any atom is -0.415 e. The number of rotatable bonds is 1. The second-order valence-corrected chi connectivity index (χ2v) is 12.7. The minimum atomic E-state index is -1.85. The fraction of sp³-hybridized carbons (Fsp3) is 0.857. The van der Waals surface area contributed by atoms with E-state index < -0.39 is 8.32 Å². The second-order valence-electron chi connectivity index (χ2n) is 7.29. The molecule has 0 aromatic rings. The van der Waals surface area contributed by atoms with Crippen LogP contribution in [0.4, 0.5) is 0 Å². The van der Waals surface area contributed by atoms with E-state index in [0.717, 1.165) is 6.61 Å². The molecule has 0 N–H and O–H groups in total. The predicted octanol–water partition coefficient (Wildman–Crippen LogP) is 4.75. The van der Waals surface area contributed by atoms with Gasteiger partial charge in [0.15, 0.2) is 0 Å². The molecule has 0 bridgehead atoms. The summed E-state index contributed by atoms with van der Waals surface area (Å²) >= 11 is 0. The summed E-state index contributed by atoms with van der Waals surface area (Å²) in [6, 6.07) is 0. The van der Waals surface area contributed by atoms with Crippen LogP contribution < -0.4 is 0 Å². The lowest BCUT2D eigenvalue weighted by Gasteiger charge is -2.51. The highest BCUT2D eigenvalue weighted by Crippen LogP contribution is 2.62. The van der Waals surface area contributed by atoms with Crippen LogP contribution in [0.25, 0.3) is 0 Å². The Bertz CT molecular complexity index is 255. The van der Waals surface area contributed by atoms with E-state index >= 15 is 0 Å². The molecule has 1 rings (SSSR count). The summed E-state index contributed by atoms with van der Waals surface area (Å²) < 4.78 is 6.45. The zero-order valence-electron chi connectivity index (χ0n) is 12.1. The first-order chi connectivity index (χ1) is 7.08. The summed E-state index contributed by atoms with van der Waals surface area (Å²) in [5, 5.41) is 0.518. The average molecular weight is 240 g/mol. The Hall–Kier alpha value is -0.0831. The van der Waals surface area contributed by atoms with Crippen molar-refractivity contribution in [3.8, 4) is 0 Å². The zero-order valence-corrected chi connectivity index (χ0v) is 13.1. The summed E-state index contributed by atoms with van der Waals surface area (Å²) in [5.74, 6) is 0.627. The molecule has 2 heteroatoms. The van der Waals surface area contributed by atoms with Crippen LogP contribution in [-0.4, -0.2) is 14.9 Å². The largest absolute Gasteiger partial charge is 0.415 e. The van der Waals surface area contributed by atoms with Gasteiger partial charge in [-0.1, -0.05) is 54.5 Å². The lowest BCUT2D eigenvalue weighted by Crippen LogP contribution is -2.54. The van der Waals surface area contributed by atoms with E-state index in [0.29, 0.717) is 11.5 Å². The van der Waals surface area contributed by atoms with Gasteiger partial charge in [0.25, 0.3) is 0 Å². The highest BCUT2D eigenvalue weighted by molar-refractivity contribution is 6.81. The van der Waals surface area contributed by atoms with E-state index in [1.807, 2.05) is 0 Å². The molecular weight excluding hydrogens is 212 g/mol. The van der Waals surface area contributed by atoms with Crippen LogP contribution in [0.1, 0.15) is 48.5 Å². The van der Waals surface area contributed by atoms with Crippen molar-refractivity contribution >= 4 is 8.32 Å². The van der Waals surface area contributed by atoms with Crippen molar-refractivity contribution < 1.29 is 4.43 Å². The minimum absolute atomic E-state index is 0.259. The Balaban J connectivity index is 3.32. The van der Waals surface area contributed by atoms with Crippen LogP contribution in [0.5, 0.6) is 0 Å². The third kappa shape index (κ3) is 1.80. The van der Waals surface area contributed by atoms with Crippen molar-refractivity contribution in [2.45, 2.75) is 64.1 Å². The van der Waals surface area contributed by atoms with Crippen molar-refractivity contribution in [2.24, 2.45) is 5.92 Å². The molecule has 1 aliphatic rings. The number of hydrogen-bond donors (Lipinski definition) is 0. The van der Waals surface area contributed by atoms with Crippen molar-refractivity contribution in [1.29, 1.82) is 0 Å². The normalized spacial score (nSPS) is 30.4. The van der Waals surface area contributed by atoms with Gasteiger partial charge in [-0.15, -0.1) is 6.58 Å². The molecule has 0 unspecified atom stereocenters. The maximum absolute atomic E-state index is 6.45. The predicted molar refractivity (Wildman–Crippen MR) is 74.2 cm³/mol. The molecular formula is C14H28OSi. The lowest BCUT2D eigenvalue weighted by molar-refractivity contribution is 0.278. The van der Waals surface area contributed by atoms with Gasteiger partial charge >= 0.3 is 0 Å². The van der Waals surface area contributed by atoms with Crippen molar-refractivity contribution in [3.05, 3.63) is 12.7 Å². The van der Waals surface area contributed by atoms with E-state index in [9.17, 15) is 0 Å². The van der Waals surface area contributed by atoms with Crippen LogP contribution in [0.3, 0.4) is 0 Å². The Morgan fingerprint density at radius 3 is 1.81 bits per heavy atom. The molecule has 0 amide bonds. The molecule has 2 atom stereocenters. The maximum Gasteiger partial charge on any atom is 0.210 e. The van der Waals surface area contributed by atoms with Crippen LogP contribution in [0.2, 0.25) is 15.6 Å². The molecule has 1 nitrogen and oxygen atoms in total. The summed E-state index contributed by atoms with van der Waals surface area (Å²) in [6.45, 7) is 21.4. The molecule has 1 heterocycles. The van der Waals surface area contributed by atoms with E-state index in [-0.39, 0.29) is 10.1 Å². The van der Waals surface area contributed by atoms with E-state index in [1.54, 1.807) is 0 Å². The van der Waals surface area contributed by atoms with Gasteiger partial charge < -0.3 is 4.43 Å². The molecule has 0 spiro atoms. The third-order valence-corrected chi connectivity index (χ3v) is 11.0. The van der Waals surface area contributed by atoms with Gasteiger partial charge in [0.1, 0.15) is 0 Å². The highest BCUT2D eigenvalue weighted by Gasteiger charge is 2.63. The van der Waals surface area contributed by atoms with Crippen molar-refractivity contribution in [2.75, 3.05) is 6.61 Å². The van der Waals surface area contributed by atoms with Gasteiger partial charge in [0.2, 0.25) is 8.32 Å². The molecule has 16 heavy (non-hydrogen) atoms. The SMILES string of the molecule is C=C[C@H]1[C@H](C)CO[Si]1(C(C)(C)C)C(C)(C)C. The fourth-order valence-electron chi connectivity index (χ4n) is 3.82. The molecule has 0 saturated carbocycles. The van der Waals surface area contributed by atoms with Crippen LogP contribution >= 0.6 is 0 Å². The summed E-state index contributed by atoms with van der Waals surface area (Å²) in [7, 11) is -1.85. The molecule has 94 valence electrons. The van der Waals surface area contributed by atoms with Gasteiger partial charge in [0, 0.05) is 12.1 Å². The van der Waals surface area contributed by atoms with E-state index in [1.165, 1.54) is 0 Å². The van der Waals surface area contributed by atoms with Crippen LogP contribution in [-0.2, 0) is 4.43 Å². The fourth-order valence-corrected chi connectivity index (χ4v) is 10.9. The maximum atomic E-state index is 6.45. The van der Waals surface area contributed by atoms with E-state index in [2.05, 4.69) is 61.1 Å². The Labute approximate surface area is 102 Å². The zero-order chi connectivity index (χ0) is 12.8. The first kappa shape index (κ1) is 14.0. The number of allylic oxidation sites excluding steroid dienone is 1. The summed E-state index contributed by atoms with van der Waals surface area (Å²) in [4.78, 5) is 0. The standard InChI is InChI=1S/C14H28OSi/c1-9-12-11(2)10-15-16(12,13(3,4)5)14(6,7)8/h9,11-12H,1,10H2,2-8H3/t11-,12+/m1/s1. The smallest absolute Gasteiger partial charge is 0.210 e. The summed E-state index contributed by atoms with van der Waals surface area (Å²) in [5.41, 5.74) is 0.576. The van der Waals surface area contributed by atoms with Gasteiger partial charge in [0.05, 0.1) is 0 Å². The molecule has 0 aromatic carbocycles. The average Bonchev–Trinajstić information content (AvgIpc) is 2.40. The third-order valence-electron chi connectivity index (χ3n) is 4.14.